The fourth-order valence-electron chi connectivity index (χ4n) is 3.88. The summed E-state index contributed by atoms with van der Waals surface area (Å²) >= 11 is 6.19. The third kappa shape index (κ3) is 2.60. The molecule has 0 atom stereocenters. The number of halogens is 1. The molecule has 1 fully saturated rings. The maximum absolute atomic E-state index is 6.19. The molecule has 0 unspecified atom stereocenters. The van der Waals surface area contributed by atoms with Crippen LogP contribution in [-0.2, 0) is 6.54 Å². The van der Waals surface area contributed by atoms with E-state index in [2.05, 4.69) is 26.9 Å². The molecule has 5 nitrogen and oxygen atoms in total. The Kier molecular flexibility index (Phi) is 3.69. The Bertz CT molecular complexity index is 1190. The second-order valence-electron chi connectivity index (χ2n) is 7.40. The predicted molar refractivity (Wildman–Crippen MR) is 108 cm³/mol. The van der Waals surface area contributed by atoms with Gasteiger partial charge in [-0.1, -0.05) is 17.7 Å². The Morgan fingerprint density at radius 3 is 2.70 bits per heavy atom. The summed E-state index contributed by atoms with van der Waals surface area (Å²) in [6, 6.07) is 10.1. The number of methoxy groups -OCH3 is 1. The molecule has 0 aromatic carbocycles. The molecule has 0 saturated heterocycles. The zero-order chi connectivity index (χ0) is 18.7. The zero-order valence-corrected chi connectivity index (χ0v) is 16.4. The standard InChI is InChI=1S/C21H21ClN4O/c1-12-4-9-18-24-19(13(2)26(18)21(12)27-3)16-10-15-7-8-17(22)23-20(15)25(16)11-14-5-6-14/h4,7-10,14H,5-6,11H2,1-3H3. The maximum atomic E-state index is 6.19. The minimum absolute atomic E-state index is 0.521. The minimum Gasteiger partial charge on any atom is -0.482 e. The van der Waals surface area contributed by atoms with Crippen molar-refractivity contribution in [2.75, 3.05) is 7.11 Å². The van der Waals surface area contributed by atoms with E-state index in [0.29, 0.717) is 11.1 Å². The molecule has 27 heavy (non-hydrogen) atoms. The van der Waals surface area contributed by atoms with Gasteiger partial charge in [-0.05, 0) is 56.9 Å². The van der Waals surface area contributed by atoms with E-state index in [0.717, 1.165) is 51.8 Å². The smallest absolute Gasteiger partial charge is 0.202 e. The SMILES string of the molecule is COc1c(C)ccc2nc(-c3cc4ccc(Cl)nc4n3CC3CC3)c(C)n12. The number of aromatic nitrogens is 4. The van der Waals surface area contributed by atoms with Crippen LogP contribution in [0.5, 0.6) is 5.88 Å². The fourth-order valence-corrected chi connectivity index (χ4v) is 4.02. The molecule has 5 rings (SSSR count). The van der Waals surface area contributed by atoms with Crippen LogP contribution in [-0.4, -0.2) is 26.0 Å². The number of rotatable bonds is 4. The Labute approximate surface area is 162 Å². The summed E-state index contributed by atoms with van der Waals surface area (Å²) in [5, 5.41) is 1.61. The third-order valence-electron chi connectivity index (χ3n) is 5.44. The van der Waals surface area contributed by atoms with Crippen molar-refractivity contribution >= 4 is 28.3 Å². The molecule has 4 heterocycles. The molecule has 6 heteroatoms. The van der Waals surface area contributed by atoms with E-state index in [9.17, 15) is 0 Å². The number of nitrogens with zero attached hydrogens (tertiary/aromatic N) is 4. The third-order valence-corrected chi connectivity index (χ3v) is 5.65. The van der Waals surface area contributed by atoms with Crippen molar-refractivity contribution in [3.8, 4) is 17.3 Å². The number of hydrogen-bond donors (Lipinski definition) is 0. The van der Waals surface area contributed by atoms with Crippen LogP contribution in [0.4, 0.5) is 0 Å². The Morgan fingerprint density at radius 1 is 1.15 bits per heavy atom. The Hall–Kier alpha value is -2.53. The summed E-state index contributed by atoms with van der Waals surface area (Å²) < 4.78 is 10.0. The molecular formula is C21H21ClN4O. The molecule has 0 aliphatic heterocycles. The van der Waals surface area contributed by atoms with Crippen molar-refractivity contribution < 1.29 is 4.74 Å². The summed E-state index contributed by atoms with van der Waals surface area (Å²) in [5.41, 5.74) is 6.03. The first-order valence-electron chi connectivity index (χ1n) is 9.25. The fraction of sp³-hybridized carbons (Fsp3) is 0.333. The highest BCUT2D eigenvalue weighted by Crippen LogP contribution is 2.37. The number of imidazole rings is 1. The van der Waals surface area contributed by atoms with Crippen LogP contribution in [0.15, 0.2) is 30.3 Å². The lowest BCUT2D eigenvalue weighted by Crippen LogP contribution is -2.04. The Morgan fingerprint density at radius 2 is 1.96 bits per heavy atom. The van der Waals surface area contributed by atoms with Crippen LogP contribution in [0.3, 0.4) is 0 Å². The van der Waals surface area contributed by atoms with Gasteiger partial charge >= 0.3 is 0 Å². The minimum atomic E-state index is 0.521. The summed E-state index contributed by atoms with van der Waals surface area (Å²) in [6.45, 7) is 5.10. The van der Waals surface area contributed by atoms with Crippen molar-refractivity contribution in [2.24, 2.45) is 5.92 Å². The zero-order valence-electron chi connectivity index (χ0n) is 15.7. The highest BCUT2D eigenvalue weighted by atomic mass is 35.5. The summed E-state index contributed by atoms with van der Waals surface area (Å²) in [6.07, 6.45) is 2.55. The summed E-state index contributed by atoms with van der Waals surface area (Å²) in [4.78, 5) is 9.54. The van der Waals surface area contributed by atoms with Gasteiger partial charge in [-0.15, -0.1) is 0 Å². The van der Waals surface area contributed by atoms with Gasteiger partial charge in [0.15, 0.2) is 0 Å². The van der Waals surface area contributed by atoms with Gasteiger partial charge in [0.25, 0.3) is 0 Å². The first-order chi connectivity index (χ1) is 13.1. The predicted octanol–water partition coefficient (Wildman–Crippen LogP) is 5.04. The van der Waals surface area contributed by atoms with Crippen LogP contribution in [0.1, 0.15) is 24.1 Å². The molecule has 1 saturated carbocycles. The van der Waals surface area contributed by atoms with Gasteiger partial charge in [-0.3, -0.25) is 4.40 Å². The van der Waals surface area contributed by atoms with Crippen LogP contribution in [0.25, 0.3) is 28.1 Å². The van der Waals surface area contributed by atoms with Crippen molar-refractivity contribution in [1.82, 2.24) is 18.9 Å². The molecule has 1 aliphatic carbocycles. The molecule has 0 N–H and O–H groups in total. The largest absolute Gasteiger partial charge is 0.482 e. The molecule has 0 spiro atoms. The van der Waals surface area contributed by atoms with Crippen LogP contribution in [0.2, 0.25) is 5.15 Å². The van der Waals surface area contributed by atoms with Crippen molar-refractivity contribution in [2.45, 2.75) is 33.2 Å². The van der Waals surface area contributed by atoms with Crippen molar-refractivity contribution in [1.29, 1.82) is 0 Å². The van der Waals surface area contributed by atoms with E-state index < -0.39 is 0 Å². The van der Waals surface area contributed by atoms with Gasteiger partial charge in [0.2, 0.25) is 5.88 Å². The quantitative estimate of drug-likeness (QED) is 0.466. The van der Waals surface area contributed by atoms with Crippen molar-refractivity contribution in [3.05, 3.63) is 46.7 Å². The molecule has 0 radical (unpaired) electrons. The van der Waals surface area contributed by atoms with Gasteiger partial charge in [-0.2, -0.15) is 0 Å². The Balaban J connectivity index is 1.79. The molecule has 138 valence electrons. The van der Waals surface area contributed by atoms with E-state index in [1.165, 1.54) is 12.8 Å². The summed E-state index contributed by atoms with van der Waals surface area (Å²) in [5.74, 6) is 1.55. The molecular weight excluding hydrogens is 360 g/mol. The lowest BCUT2D eigenvalue weighted by molar-refractivity contribution is 0.388. The number of ether oxygens (including phenoxy) is 1. The van der Waals surface area contributed by atoms with E-state index in [4.69, 9.17) is 21.3 Å². The first kappa shape index (κ1) is 16.6. The number of pyridine rings is 2. The lowest BCUT2D eigenvalue weighted by atomic mass is 10.2. The molecule has 0 amide bonds. The van der Waals surface area contributed by atoms with Crippen LogP contribution in [0, 0.1) is 19.8 Å². The summed E-state index contributed by atoms with van der Waals surface area (Å²) in [7, 11) is 1.71. The van der Waals surface area contributed by atoms with Gasteiger partial charge in [0, 0.05) is 17.5 Å². The maximum Gasteiger partial charge on any atom is 0.202 e. The number of aryl methyl sites for hydroxylation is 2. The van der Waals surface area contributed by atoms with E-state index in [1.54, 1.807) is 7.11 Å². The normalized spacial score (nSPS) is 14.4. The average Bonchev–Trinajstić information content (AvgIpc) is 3.33. The number of hydrogen-bond acceptors (Lipinski definition) is 3. The highest BCUT2D eigenvalue weighted by Gasteiger charge is 2.26. The van der Waals surface area contributed by atoms with E-state index in [-0.39, 0.29) is 0 Å². The van der Waals surface area contributed by atoms with Crippen LogP contribution >= 0.6 is 11.6 Å². The van der Waals surface area contributed by atoms with Gasteiger partial charge in [0.05, 0.1) is 18.5 Å². The topological polar surface area (TPSA) is 44.4 Å². The van der Waals surface area contributed by atoms with E-state index in [1.807, 2.05) is 31.2 Å². The second-order valence-corrected chi connectivity index (χ2v) is 7.78. The van der Waals surface area contributed by atoms with E-state index >= 15 is 0 Å². The van der Waals surface area contributed by atoms with Gasteiger partial charge in [0.1, 0.15) is 22.1 Å². The van der Waals surface area contributed by atoms with Gasteiger partial charge < -0.3 is 9.30 Å². The molecule has 4 aromatic heterocycles. The molecule has 0 bridgehead atoms. The molecule has 1 aliphatic rings. The lowest BCUT2D eigenvalue weighted by Gasteiger charge is -2.10. The van der Waals surface area contributed by atoms with Crippen molar-refractivity contribution in [3.63, 3.8) is 0 Å². The van der Waals surface area contributed by atoms with Crippen LogP contribution < -0.4 is 4.74 Å². The van der Waals surface area contributed by atoms with Gasteiger partial charge in [-0.25, -0.2) is 9.97 Å². The average molecular weight is 381 g/mol. The monoisotopic (exact) mass is 380 g/mol. The highest BCUT2D eigenvalue weighted by molar-refractivity contribution is 6.29. The second kappa shape index (κ2) is 5.99. The first-order valence-corrected chi connectivity index (χ1v) is 9.63. The number of fused-ring (bicyclic) bond motifs is 2. The molecule has 4 aromatic rings.